The van der Waals surface area contributed by atoms with E-state index < -0.39 is 0 Å². The van der Waals surface area contributed by atoms with Crippen LogP contribution in [0.5, 0.6) is 0 Å². The number of likely N-dealkylation sites (tertiary alicyclic amines) is 1. The summed E-state index contributed by atoms with van der Waals surface area (Å²) in [5, 5.41) is 0. The van der Waals surface area contributed by atoms with Crippen molar-refractivity contribution in [1.29, 1.82) is 0 Å². The van der Waals surface area contributed by atoms with Gasteiger partial charge in [-0.3, -0.25) is 4.79 Å². The van der Waals surface area contributed by atoms with Gasteiger partial charge in [-0.1, -0.05) is 20.8 Å². The predicted molar refractivity (Wildman–Crippen MR) is 69.8 cm³/mol. The molecule has 0 aliphatic carbocycles. The molecule has 1 atom stereocenters. The Bertz CT molecular complexity index is 232. The molecule has 1 rings (SSSR count). The van der Waals surface area contributed by atoms with Crippen LogP contribution in [0.15, 0.2) is 0 Å². The monoisotopic (exact) mass is 241 g/mol. The van der Waals surface area contributed by atoms with Gasteiger partial charge < -0.3 is 9.64 Å². The van der Waals surface area contributed by atoms with Crippen LogP contribution in [-0.2, 0) is 9.53 Å². The molecule has 100 valence electrons. The molecule has 1 unspecified atom stereocenters. The van der Waals surface area contributed by atoms with E-state index in [1.54, 1.807) is 0 Å². The van der Waals surface area contributed by atoms with E-state index in [0.717, 1.165) is 45.1 Å². The minimum atomic E-state index is 0.132. The molecule has 1 amide bonds. The van der Waals surface area contributed by atoms with Gasteiger partial charge in [0.05, 0.1) is 0 Å². The Balaban J connectivity index is 2.32. The fraction of sp³-hybridized carbons (Fsp3) is 0.929. The van der Waals surface area contributed by atoms with Crippen molar-refractivity contribution in [3.05, 3.63) is 0 Å². The fourth-order valence-corrected chi connectivity index (χ4v) is 2.49. The number of ether oxygens (including phenoxy) is 1. The number of hydrogen-bond donors (Lipinski definition) is 0. The number of rotatable bonds is 5. The second-order valence-electron chi connectivity index (χ2n) is 5.45. The number of carbonyl (C=O) groups is 1. The van der Waals surface area contributed by atoms with Crippen LogP contribution in [0, 0.1) is 17.8 Å². The van der Waals surface area contributed by atoms with Crippen LogP contribution in [-0.4, -0.2) is 37.1 Å². The van der Waals surface area contributed by atoms with Crippen LogP contribution in [0.25, 0.3) is 0 Å². The first-order chi connectivity index (χ1) is 8.06. The Morgan fingerprint density at radius 2 is 1.88 bits per heavy atom. The van der Waals surface area contributed by atoms with Crippen molar-refractivity contribution in [3.63, 3.8) is 0 Å². The van der Waals surface area contributed by atoms with Crippen molar-refractivity contribution >= 4 is 5.91 Å². The molecule has 3 nitrogen and oxygen atoms in total. The third-order valence-electron chi connectivity index (χ3n) is 3.73. The second-order valence-corrected chi connectivity index (χ2v) is 5.45. The summed E-state index contributed by atoms with van der Waals surface area (Å²) in [6.45, 7) is 11.8. The summed E-state index contributed by atoms with van der Waals surface area (Å²) < 4.78 is 5.48. The van der Waals surface area contributed by atoms with E-state index in [9.17, 15) is 4.79 Å². The predicted octanol–water partition coefficient (Wildman–Crippen LogP) is 2.55. The van der Waals surface area contributed by atoms with Gasteiger partial charge in [0.25, 0.3) is 0 Å². The lowest BCUT2D eigenvalue weighted by molar-refractivity contribution is -0.136. The molecule has 0 spiro atoms. The first kappa shape index (κ1) is 14.5. The molecule has 0 bridgehead atoms. The zero-order chi connectivity index (χ0) is 12.8. The Morgan fingerprint density at radius 1 is 1.29 bits per heavy atom. The molecule has 0 radical (unpaired) electrons. The average Bonchev–Trinajstić information content (AvgIpc) is 2.35. The highest BCUT2D eigenvalue weighted by molar-refractivity contribution is 5.78. The maximum Gasteiger partial charge on any atom is 0.225 e. The summed E-state index contributed by atoms with van der Waals surface area (Å²) in [4.78, 5) is 13.9. The smallest absolute Gasteiger partial charge is 0.225 e. The van der Waals surface area contributed by atoms with Gasteiger partial charge >= 0.3 is 0 Å². The standard InChI is InChI=1S/C14H27NO2/c1-5-17-10-12(4)13-6-8-15(9-7-13)14(16)11(2)3/h11-13H,5-10H2,1-4H3. The molecule has 0 saturated carbocycles. The van der Waals surface area contributed by atoms with Gasteiger partial charge in [-0.05, 0) is 31.6 Å². The molecule has 0 N–H and O–H groups in total. The van der Waals surface area contributed by atoms with Gasteiger partial charge in [0.2, 0.25) is 5.91 Å². The lowest BCUT2D eigenvalue weighted by Gasteiger charge is -2.35. The molecule has 1 aliphatic heterocycles. The van der Waals surface area contributed by atoms with E-state index >= 15 is 0 Å². The zero-order valence-electron chi connectivity index (χ0n) is 11.7. The van der Waals surface area contributed by atoms with Crippen molar-refractivity contribution in [2.24, 2.45) is 17.8 Å². The SMILES string of the molecule is CCOCC(C)C1CCN(C(=O)C(C)C)CC1. The zero-order valence-corrected chi connectivity index (χ0v) is 11.7. The molecular weight excluding hydrogens is 214 g/mol. The van der Waals surface area contributed by atoms with Crippen LogP contribution in [0.2, 0.25) is 0 Å². The Hall–Kier alpha value is -0.570. The molecule has 1 aliphatic rings. The first-order valence-corrected chi connectivity index (χ1v) is 6.92. The fourth-order valence-electron chi connectivity index (χ4n) is 2.49. The quantitative estimate of drug-likeness (QED) is 0.740. The molecule has 0 aromatic rings. The highest BCUT2D eigenvalue weighted by atomic mass is 16.5. The number of amides is 1. The highest BCUT2D eigenvalue weighted by Gasteiger charge is 2.27. The number of piperidine rings is 1. The van der Waals surface area contributed by atoms with Crippen molar-refractivity contribution in [1.82, 2.24) is 4.90 Å². The summed E-state index contributed by atoms with van der Waals surface area (Å²) in [5.41, 5.74) is 0. The van der Waals surface area contributed by atoms with Crippen molar-refractivity contribution in [2.75, 3.05) is 26.3 Å². The van der Waals surface area contributed by atoms with E-state index in [-0.39, 0.29) is 5.92 Å². The third kappa shape index (κ3) is 4.30. The van der Waals surface area contributed by atoms with Crippen molar-refractivity contribution in [3.8, 4) is 0 Å². The summed E-state index contributed by atoms with van der Waals surface area (Å²) in [5.74, 6) is 1.78. The third-order valence-corrected chi connectivity index (χ3v) is 3.73. The Morgan fingerprint density at radius 3 is 2.35 bits per heavy atom. The normalized spacial score (nSPS) is 19.7. The van der Waals surface area contributed by atoms with Crippen LogP contribution < -0.4 is 0 Å². The second kappa shape index (κ2) is 7.00. The summed E-state index contributed by atoms with van der Waals surface area (Å²) >= 11 is 0. The summed E-state index contributed by atoms with van der Waals surface area (Å²) in [6.07, 6.45) is 2.26. The van der Waals surface area contributed by atoms with Crippen LogP contribution >= 0.6 is 0 Å². The maximum absolute atomic E-state index is 11.8. The van der Waals surface area contributed by atoms with Crippen molar-refractivity contribution < 1.29 is 9.53 Å². The minimum absolute atomic E-state index is 0.132. The van der Waals surface area contributed by atoms with Gasteiger partial charge in [-0.25, -0.2) is 0 Å². The Kier molecular flexibility index (Phi) is 5.96. The summed E-state index contributed by atoms with van der Waals surface area (Å²) in [6, 6.07) is 0. The topological polar surface area (TPSA) is 29.5 Å². The number of hydrogen-bond acceptors (Lipinski definition) is 2. The van der Waals surface area contributed by atoms with Gasteiger partial charge in [0.1, 0.15) is 0 Å². The lowest BCUT2D eigenvalue weighted by Crippen LogP contribution is -2.42. The van der Waals surface area contributed by atoms with Crippen LogP contribution in [0.1, 0.15) is 40.5 Å². The minimum Gasteiger partial charge on any atom is -0.381 e. The molecule has 1 fully saturated rings. The van der Waals surface area contributed by atoms with Crippen LogP contribution in [0.4, 0.5) is 0 Å². The molecule has 0 aromatic carbocycles. The van der Waals surface area contributed by atoms with Gasteiger partial charge in [0.15, 0.2) is 0 Å². The maximum atomic E-state index is 11.8. The van der Waals surface area contributed by atoms with E-state index in [2.05, 4.69) is 6.92 Å². The van der Waals surface area contributed by atoms with E-state index in [1.807, 2.05) is 25.7 Å². The van der Waals surface area contributed by atoms with E-state index in [4.69, 9.17) is 4.74 Å². The molecule has 1 saturated heterocycles. The van der Waals surface area contributed by atoms with E-state index in [1.165, 1.54) is 0 Å². The number of carbonyl (C=O) groups excluding carboxylic acids is 1. The molecular formula is C14H27NO2. The average molecular weight is 241 g/mol. The van der Waals surface area contributed by atoms with Crippen molar-refractivity contribution in [2.45, 2.75) is 40.5 Å². The molecule has 3 heteroatoms. The largest absolute Gasteiger partial charge is 0.381 e. The molecule has 1 heterocycles. The van der Waals surface area contributed by atoms with E-state index in [0.29, 0.717) is 11.8 Å². The number of nitrogens with zero attached hydrogens (tertiary/aromatic N) is 1. The van der Waals surface area contributed by atoms with Gasteiger partial charge in [-0.2, -0.15) is 0 Å². The Labute approximate surface area is 106 Å². The first-order valence-electron chi connectivity index (χ1n) is 6.92. The van der Waals surface area contributed by atoms with Gasteiger partial charge in [-0.15, -0.1) is 0 Å². The lowest BCUT2D eigenvalue weighted by atomic mass is 9.85. The molecule has 17 heavy (non-hydrogen) atoms. The van der Waals surface area contributed by atoms with Gasteiger partial charge in [0, 0.05) is 32.2 Å². The van der Waals surface area contributed by atoms with Crippen LogP contribution in [0.3, 0.4) is 0 Å². The highest BCUT2D eigenvalue weighted by Crippen LogP contribution is 2.25. The molecule has 0 aromatic heterocycles. The summed E-state index contributed by atoms with van der Waals surface area (Å²) in [7, 11) is 0.